The topological polar surface area (TPSA) is 92.4 Å². The third-order valence-electron chi connectivity index (χ3n) is 2.02. The van der Waals surface area contributed by atoms with Crippen molar-refractivity contribution in [1.82, 2.24) is 4.98 Å². The van der Waals surface area contributed by atoms with Crippen molar-refractivity contribution in [3.05, 3.63) is 48.2 Å². The summed E-state index contributed by atoms with van der Waals surface area (Å²) < 4.78 is 4.81. The van der Waals surface area contributed by atoms with Crippen molar-refractivity contribution in [2.45, 2.75) is 0 Å². The van der Waals surface area contributed by atoms with Crippen LogP contribution in [-0.2, 0) is 0 Å². The predicted octanol–water partition coefficient (Wildman–Crippen LogP) is 1.63. The van der Waals surface area contributed by atoms with Crippen LogP contribution in [0.4, 0.5) is 5.69 Å². The fourth-order valence-corrected chi connectivity index (χ4v) is 1.25. The molecule has 0 aliphatic heterocycles. The van der Waals surface area contributed by atoms with Gasteiger partial charge in [-0.3, -0.25) is 4.79 Å². The van der Waals surface area contributed by atoms with Crippen molar-refractivity contribution in [1.29, 1.82) is 0 Å². The number of carboxylic acid groups (broad SMARTS) is 1. The Morgan fingerprint density at radius 3 is 2.82 bits per heavy atom. The minimum absolute atomic E-state index is 0.0609. The number of aromatic nitrogens is 1. The average Bonchev–Trinajstić information content (AvgIpc) is 2.82. The number of carboxylic acids is 1. The normalized spacial score (nSPS) is 9.88. The van der Waals surface area contributed by atoms with E-state index in [0.717, 1.165) is 6.39 Å². The van der Waals surface area contributed by atoms with E-state index in [4.69, 9.17) is 9.52 Å². The van der Waals surface area contributed by atoms with Gasteiger partial charge in [-0.05, 0) is 18.2 Å². The second-order valence-electron chi connectivity index (χ2n) is 3.21. The summed E-state index contributed by atoms with van der Waals surface area (Å²) in [6.45, 7) is 0. The van der Waals surface area contributed by atoms with E-state index in [0.29, 0.717) is 5.69 Å². The summed E-state index contributed by atoms with van der Waals surface area (Å²) >= 11 is 0. The Hall–Kier alpha value is -2.63. The van der Waals surface area contributed by atoms with Gasteiger partial charge in [0.2, 0.25) is 5.76 Å². The second-order valence-corrected chi connectivity index (χ2v) is 3.21. The maximum atomic E-state index is 11.6. The number of rotatable bonds is 3. The molecule has 0 atom stereocenters. The quantitative estimate of drug-likeness (QED) is 0.838. The fraction of sp³-hybridized carbons (Fsp3) is 0. The van der Waals surface area contributed by atoms with Gasteiger partial charge in [0.1, 0.15) is 0 Å². The van der Waals surface area contributed by atoms with Crippen LogP contribution in [0.15, 0.2) is 41.3 Å². The van der Waals surface area contributed by atoms with Gasteiger partial charge in [0.25, 0.3) is 5.91 Å². The van der Waals surface area contributed by atoms with Crippen LogP contribution in [0.3, 0.4) is 0 Å². The highest BCUT2D eigenvalue weighted by Gasteiger charge is 2.10. The number of nitrogens with zero attached hydrogens (tertiary/aromatic N) is 1. The number of hydrogen-bond acceptors (Lipinski definition) is 4. The lowest BCUT2D eigenvalue weighted by atomic mass is 10.2. The van der Waals surface area contributed by atoms with Crippen molar-refractivity contribution in [3.8, 4) is 0 Å². The number of nitrogens with one attached hydrogen (secondary N) is 1. The van der Waals surface area contributed by atoms with Gasteiger partial charge < -0.3 is 14.8 Å². The Balaban J connectivity index is 2.16. The fourth-order valence-electron chi connectivity index (χ4n) is 1.25. The smallest absolute Gasteiger partial charge is 0.335 e. The lowest BCUT2D eigenvalue weighted by Gasteiger charge is -2.03. The van der Waals surface area contributed by atoms with Crippen molar-refractivity contribution >= 4 is 17.6 Å². The molecule has 1 heterocycles. The first-order valence-electron chi connectivity index (χ1n) is 4.70. The van der Waals surface area contributed by atoms with Gasteiger partial charge in [0.05, 0.1) is 11.8 Å². The highest BCUT2D eigenvalue weighted by atomic mass is 16.4. The third kappa shape index (κ3) is 2.49. The summed E-state index contributed by atoms with van der Waals surface area (Å²) in [4.78, 5) is 25.9. The number of benzene rings is 1. The highest BCUT2D eigenvalue weighted by molar-refractivity contribution is 6.02. The van der Waals surface area contributed by atoms with Crippen LogP contribution in [0.1, 0.15) is 20.9 Å². The van der Waals surface area contributed by atoms with Crippen molar-refractivity contribution < 1.29 is 19.1 Å². The molecule has 0 aliphatic carbocycles. The summed E-state index contributed by atoms with van der Waals surface area (Å²) in [5.41, 5.74) is 0.478. The van der Waals surface area contributed by atoms with Crippen LogP contribution >= 0.6 is 0 Å². The molecule has 0 saturated heterocycles. The molecule has 2 rings (SSSR count). The molecule has 86 valence electrons. The van der Waals surface area contributed by atoms with Crippen LogP contribution in [0.5, 0.6) is 0 Å². The van der Waals surface area contributed by atoms with Gasteiger partial charge in [-0.15, -0.1) is 0 Å². The first-order valence-corrected chi connectivity index (χ1v) is 4.70. The van der Waals surface area contributed by atoms with Crippen molar-refractivity contribution in [2.75, 3.05) is 5.32 Å². The first kappa shape index (κ1) is 10.9. The monoisotopic (exact) mass is 232 g/mol. The summed E-state index contributed by atoms with van der Waals surface area (Å²) in [6.07, 6.45) is 2.42. The molecular weight excluding hydrogens is 224 g/mol. The molecule has 2 aromatic rings. The standard InChI is InChI=1S/C11H8N2O4/c14-10(9-5-12-6-17-9)13-8-3-1-2-7(4-8)11(15)16/h1-6H,(H,13,14)(H,15,16). The van der Waals surface area contributed by atoms with Gasteiger partial charge in [-0.25, -0.2) is 9.78 Å². The highest BCUT2D eigenvalue weighted by Crippen LogP contribution is 2.12. The number of anilines is 1. The van der Waals surface area contributed by atoms with E-state index >= 15 is 0 Å². The van der Waals surface area contributed by atoms with E-state index in [1.807, 2.05) is 0 Å². The van der Waals surface area contributed by atoms with Crippen LogP contribution in [0, 0.1) is 0 Å². The minimum atomic E-state index is -1.05. The van der Waals surface area contributed by atoms with E-state index in [1.54, 1.807) is 12.1 Å². The zero-order valence-corrected chi connectivity index (χ0v) is 8.58. The molecule has 1 aromatic carbocycles. The number of carbonyl (C=O) groups excluding carboxylic acids is 1. The molecule has 0 aliphatic rings. The van der Waals surface area contributed by atoms with E-state index in [9.17, 15) is 9.59 Å². The maximum Gasteiger partial charge on any atom is 0.335 e. The largest absolute Gasteiger partial charge is 0.478 e. The summed E-state index contributed by atoms with van der Waals surface area (Å²) in [6, 6.07) is 5.92. The van der Waals surface area contributed by atoms with E-state index in [-0.39, 0.29) is 11.3 Å². The van der Waals surface area contributed by atoms with Crippen molar-refractivity contribution in [2.24, 2.45) is 0 Å². The van der Waals surface area contributed by atoms with E-state index in [2.05, 4.69) is 10.3 Å². The Kier molecular flexibility index (Phi) is 2.87. The molecule has 2 N–H and O–H groups in total. The van der Waals surface area contributed by atoms with Crippen LogP contribution in [0.2, 0.25) is 0 Å². The average molecular weight is 232 g/mol. The Bertz CT molecular complexity index is 548. The van der Waals surface area contributed by atoms with Gasteiger partial charge in [-0.1, -0.05) is 6.07 Å². The SMILES string of the molecule is O=C(O)c1cccc(NC(=O)c2cnco2)c1. The molecule has 17 heavy (non-hydrogen) atoms. The van der Waals surface area contributed by atoms with Crippen LogP contribution in [-0.4, -0.2) is 22.0 Å². The Morgan fingerprint density at radius 1 is 1.35 bits per heavy atom. The maximum absolute atomic E-state index is 11.6. The van der Waals surface area contributed by atoms with Crippen LogP contribution in [0.25, 0.3) is 0 Å². The molecule has 1 amide bonds. The molecule has 0 spiro atoms. The van der Waals surface area contributed by atoms with Crippen molar-refractivity contribution in [3.63, 3.8) is 0 Å². The van der Waals surface area contributed by atoms with Crippen LogP contribution < -0.4 is 5.32 Å². The molecule has 0 bridgehead atoms. The molecule has 0 unspecified atom stereocenters. The zero-order valence-electron chi connectivity index (χ0n) is 8.58. The minimum Gasteiger partial charge on any atom is -0.478 e. The van der Waals surface area contributed by atoms with Gasteiger partial charge in [0, 0.05) is 5.69 Å². The summed E-state index contributed by atoms with van der Waals surface area (Å²) in [5.74, 6) is -1.48. The van der Waals surface area contributed by atoms with Gasteiger partial charge >= 0.3 is 5.97 Å². The van der Waals surface area contributed by atoms with E-state index < -0.39 is 11.9 Å². The summed E-state index contributed by atoms with van der Waals surface area (Å²) in [5, 5.41) is 11.3. The van der Waals surface area contributed by atoms with Gasteiger partial charge in [-0.2, -0.15) is 0 Å². The lowest BCUT2D eigenvalue weighted by molar-refractivity contribution is 0.0696. The molecule has 0 fully saturated rings. The summed E-state index contributed by atoms with van der Waals surface area (Å²) in [7, 11) is 0. The third-order valence-corrected chi connectivity index (χ3v) is 2.02. The first-order chi connectivity index (χ1) is 8.16. The van der Waals surface area contributed by atoms with Gasteiger partial charge in [0.15, 0.2) is 6.39 Å². The predicted molar refractivity (Wildman–Crippen MR) is 57.9 cm³/mol. The molecule has 0 saturated carbocycles. The number of carbonyl (C=O) groups is 2. The van der Waals surface area contributed by atoms with E-state index in [1.165, 1.54) is 18.3 Å². The lowest BCUT2D eigenvalue weighted by Crippen LogP contribution is -2.11. The second kappa shape index (κ2) is 4.48. The molecule has 6 heteroatoms. The molecule has 6 nitrogen and oxygen atoms in total. The Labute approximate surface area is 95.9 Å². The molecular formula is C11H8N2O4. The number of amides is 1. The zero-order chi connectivity index (χ0) is 12.3. The number of oxazole rings is 1. The molecule has 1 aromatic heterocycles. The number of hydrogen-bond donors (Lipinski definition) is 2. The Morgan fingerprint density at radius 2 is 2.18 bits per heavy atom. The number of aromatic carboxylic acids is 1. The molecule has 0 radical (unpaired) electrons.